The van der Waals surface area contributed by atoms with Crippen LogP contribution in [0.15, 0.2) is 42.6 Å². The summed E-state index contributed by atoms with van der Waals surface area (Å²) in [6.45, 7) is 5.13. The lowest BCUT2D eigenvalue weighted by molar-refractivity contribution is 0.102. The Kier molecular flexibility index (Phi) is 5.95. The molecule has 0 saturated carbocycles. The number of rotatable bonds is 7. The van der Waals surface area contributed by atoms with E-state index in [0.717, 1.165) is 42.7 Å². The second-order valence-corrected chi connectivity index (χ2v) is 5.17. The maximum atomic E-state index is 12.4. The first kappa shape index (κ1) is 16.0. The molecule has 2 aromatic rings. The Hall–Kier alpha value is -2.36. The van der Waals surface area contributed by atoms with Crippen LogP contribution in [0.1, 0.15) is 42.7 Å². The van der Waals surface area contributed by atoms with E-state index in [0.29, 0.717) is 5.69 Å². The average Bonchev–Trinajstić information content (AvgIpc) is 2.56. The fourth-order valence-electron chi connectivity index (χ4n) is 2.21. The van der Waals surface area contributed by atoms with E-state index in [1.54, 1.807) is 12.3 Å². The van der Waals surface area contributed by atoms with Gasteiger partial charge in [-0.05, 0) is 36.6 Å². The van der Waals surface area contributed by atoms with E-state index < -0.39 is 0 Å². The summed E-state index contributed by atoms with van der Waals surface area (Å²) in [5, 5.41) is 6.25. The molecule has 22 heavy (non-hydrogen) atoms. The van der Waals surface area contributed by atoms with Crippen LogP contribution in [0, 0.1) is 0 Å². The molecule has 0 spiro atoms. The molecule has 0 saturated heterocycles. The quantitative estimate of drug-likeness (QED) is 0.756. The Morgan fingerprint density at radius 1 is 1.18 bits per heavy atom. The van der Waals surface area contributed by atoms with Crippen molar-refractivity contribution in [1.29, 1.82) is 0 Å². The first-order valence-corrected chi connectivity index (χ1v) is 7.83. The van der Waals surface area contributed by atoms with E-state index in [4.69, 9.17) is 0 Å². The molecule has 1 heterocycles. The first-order chi connectivity index (χ1) is 10.7. The van der Waals surface area contributed by atoms with Gasteiger partial charge in [-0.25, -0.2) is 0 Å². The number of unbranched alkanes of at least 4 members (excludes halogenated alkanes) is 1. The maximum absolute atomic E-state index is 12.4. The normalized spacial score (nSPS) is 10.3. The summed E-state index contributed by atoms with van der Waals surface area (Å²) in [7, 11) is 0. The molecule has 2 N–H and O–H groups in total. The molecule has 1 amide bonds. The van der Waals surface area contributed by atoms with E-state index >= 15 is 0 Å². The summed E-state index contributed by atoms with van der Waals surface area (Å²) in [5.41, 5.74) is 3.32. The van der Waals surface area contributed by atoms with E-state index in [1.807, 2.05) is 30.3 Å². The van der Waals surface area contributed by atoms with E-state index in [9.17, 15) is 4.79 Å². The number of carbonyl (C=O) groups is 1. The summed E-state index contributed by atoms with van der Waals surface area (Å²) in [5.74, 6) is -0.181. The fraction of sp³-hybridized carbons (Fsp3) is 0.333. The molecule has 0 unspecified atom stereocenters. The molecule has 0 fully saturated rings. The zero-order valence-corrected chi connectivity index (χ0v) is 13.2. The van der Waals surface area contributed by atoms with Crippen LogP contribution in [0.25, 0.3) is 0 Å². The summed E-state index contributed by atoms with van der Waals surface area (Å²) in [4.78, 5) is 16.5. The fourth-order valence-corrected chi connectivity index (χ4v) is 2.21. The molecule has 2 rings (SSSR count). The third-order valence-electron chi connectivity index (χ3n) is 3.50. The molecule has 116 valence electrons. The topological polar surface area (TPSA) is 54.0 Å². The number of aromatic nitrogens is 1. The van der Waals surface area contributed by atoms with Crippen molar-refractivity contribution in [3.63, 3.8) is 0 Å². The molecule has 0 radical (unpaired) electrons. The van der Waals surface area contributed by atoms with Gasteiger partial charge in [0.05, 0.1) is 0 Å². The predicted molar refractivity (Wildman–Crippen MR) is 91.4 cm³/mol. The van der Waals surface area contributed by atoms with Crippen molar-refractivity contribution in [3.8, 4) is 0 Å². The molecular formula is C18H23N3O. The number of amides is 1. The molecule has 1 aromatic heterocycles. The van der Waals surface area contributed by atoms with Crippen molar-refractivity contribution in [3.05, 3.63) is 53.9 Å². The highest BCUT2D eigenvalue weighted by Crippen LogP contribution is 2.17. The summed E-state index contributed by atoms with van der Waals surface area (Å²) in [6, 6.07) is 11.5. The SMILES string of the molecule is CCCCNc1ccnc(C(=O)Nc2ccccc2CC)c1. The number of nitrogens with zero attached hydrogens (tertiary/aromatic N) is 1. The number of aryl methyl sites for hydroxylation is 1. The molecule has 0 aliphatic heterocycles. The van der Waals surface area contributed by atoms with Crippen molar-refractivity contribution in [2.75, 3.05) is 17.2 Å². The van der Waals surface area contributed by atoms with Crippen LogP contribution in [-0.2, 0) is 6.42 Å². The number of carbonyl (C=O) groups excluding carboxylic acids is 1. The number of nitrogens with one attached hydrogen (secondary N) is 2. The molecular weight excluding hydrogens is 274 g/mol. The molecule has 4 heteroatoms. The first-order valence-electron chi connectivity index (χ1n) is 7.83. The highest BCUT2D eigenvalue weighted by atomic mass is 16.1. The van der Waals surface area contributed by atoms with Crippen molar-refractivity contribution in [2.45, 2.75) is 33.1 Å². The van der Waals surface area contributed by atoms with Gasteiger partial charge in [0.2, 0.25) is 0 Å². The number of hydrogen-bond donors (Lipinski definition) is 2. The average molecular weight is 297 g/mol. The minimum Gasteiger partial charge on any atom is -0.385 e. The standard InChI is InChI=1S/C18H23N3O/c1-3-5-11-19-15-10-12-20-17(13-15)18(22)21-16-9-7-6-8-14(16)4-2/h6-10,12-13H,3-5,11H2,1-2H3,(H,19,20)(H,21,22). The largest absolute Gasteiger partial charge is 0.385 e. The van der Waals surface area contributed by atoms with Crippen LogP contribution in [0.5, 0.6) is 0 Å². The van der Waals surface area contributed by atoms with Crippen LogP contribution < -0.4 is 10.6 Å². The lowest BCUT2D eigenvalue weighted by Gasteiger charge is -2.10. The van der Waals surface area contributed by atoms with Gasteiger partial charge in [0.15, 0.2) is 0 Å². The van der Waals surface area contributed by atoms with Gasteiger partial charge >= 0.3 is 0 Å². The molecule has 0 atom stereocenters. The zero-order valence-electron chi connectivity index (χ0n) is 13.2. The summed E-state index contributed by atoms with van der Waals surface area (Å²) >= 11 is 0. The van der Waals surface area contributed by atoms with Gasteiger partial charge in [-0.15, -0.1) is 0 Å². The Bertz CT molecular complexity index is 625. The lowest BCUT2D eigenvalue weighted by Crippen LogP contribution is -2.15. The minimum absolute atomic E-state index is 0.181. The van der Waals surface area contributed by atoms with Crippen LogP contribution in [0.2, 0.25) is 0 Å². The number of hydrogen-bond acceptors (Lipinski definition) is 3. The Morgan fingerprint density at radius 2 is 2.00 bits per heavy atom. The van der Waals surface area contributed by atoms with E-state index in [1.165, 1.54) is 0 Å². The van der Waals surface area contributed by atoms with Crippen molar-refractivity contribution in [1.82, 2.24) is 4.98 Å². The molecule has 0 bridgehead atoms. The van der Waals surface area contributed by atoms with Gasteiger partial charge in [-0.1, -0.05) is 38.5 Å². The third-order valence-corrected chi connectivity index (χ3v) is 3.50. The summed E-state index contributed by atoms with van der Waals surface area (Å²) < 4.78 is 0. The monoisotopic (exact) mass is 297 g/mol. The zero-order chi connectivity index (χ0) is 15.8. The highest BCUT2D eigenvalue weighted by Gasteiger charge is 2.10. The second-order valence-electron chi connectivity index (χ2n) is 5.17. The molecule has 4 nitrogen and oxygen atoms in total. The van der Waals surface area contributed by atoms with Gasteiger partial charge in [0, 0.05) is 24.1 Å². The number of para-hydroxylation sites is 1. The van der Waals surface area contributed by atoms with Gasteiger partial charge in [0.1, 0.15) is 5.69 Å². The minimum atomic E-state index is -0.181. The van der Waals surface area contributed by atoms with Crippen LogP contribution >= 0.6 is 0 Å². The second kappa shape index (κ2) is 8.17. The predicted octanol–water partition coefficient (Wildman–Crippen LogP) is 4.11. The van der Waals surface area contributed by atoms with Crippen LogP contribution in [0.4, 0.5) is 11.4 Å². The number of anilines is 2. The van der Waals surface area contributed by atoms with Crippen LogP contribution in [-0.4, -0.2) is 17.4 Å². The molecule has 0 aliphatic rings. The van der Waals surface area contributed by atoms with Crippen molar-refractivity contribution < 1.29 is 4.79 Å². The number of benzene rings is 1. The van der Waals surface area contributed by atoms with Gasteiger partial charge < -0.3 is 10.6 Å². The maximum Gasteiger partial charge on any atom is 0.274 e. The van der Waals surface area contributed by atoms with E-state index in [-0.39, 0.29) is 5.91 Å². The third kappa shape index (κ3) is 4.32. The van der Waals surface area contributed by atoms with Crippen LogP contribution in [0.3, 0.4) is 0 Å². The Morgan fingerprint density at radius 3 is 2.77 bits per heavy atom. The highest BCUT2D eigenvalue weighted by molar-refractivity contribution is 6.03. The van der Waals surface area contributed by atoms with Crippen molar-refractivity contribution in [2.24, 2.45) is 0 Å². The Balaban J connectivity index is 2.07. The molecule has 1 aromatic carbocycles. The van der Waals surface area contributed by atoms with Gasteiger partial charge in [0.25, 0.3) is 5.91 Å². The van der Waals surface area contributed by atoms with Gasteiger partial charge in [-0.2, -0.15) is 0 Å². The van der Waals surface area contributed by atoms with Gasteiger partial charge in [-0.3, -0.25) is 9.78 Å². The molecule has 0 aliphatic carbocycles. The number of pyridine rings is 1. The van der Waals surface area contributed by atoms with E-state index in [2.05, 4.69) is 29.5 Å². The smallest absolute Gasteiger partial charge is 0.274 e. The Labute approximate surface area is 132 Å². The summed E-state index contributed by atoms with van der Waals surface area (Å²) in [6.07, 6.45) is 4.78. The lowest BCUT2D eigenvalue weighted by atomic mass is 10.1. The van der Waals surface area contributed by atoms with Crippen molar-refractivity contribution >= 4 is 17.3 Å².